The van der Waals surface area contributed by atoms with Crippen LogP contribution in [0, 0.1) is 58.2 Å². The van der Waals surface area contributed by atoms with E-state index in [-0.39, 0.29) is 40.7 Å². The molecule has 10 atom stereocenters. The number of rotatable bonds is 8. The first-order valence-electron chi connectivity index (χ1n) is 25.6. The van der Waals surface area contributed by atoms with Crippen LogP contribution >= 0.6 is 0 Å². The number of benzene rings is 2. The predicted molar refractivity (Wildman–Crippen MR) is 270 cm³/mol. The lowest BCUT2D eigenvalue weighted by molar-refractivity contribution is -0.137. The monoisotopic (exact) mass is 917 g/mol. The second-order valence-corrected chi connectivity index (χ2v) is 21.9. The molecule has 358 valence electrons. The minimum absolute atomic E-state index is 0.171. The SMILES string of the molecule is CC#C[C@]1(O)CC[C@H]2[C@@H]3CCC4=CC(=O)CCC4=C3[C@@H](c3ccc(N(C)CCCC(=O)O)cc3)C[C@@]21C.CC#C[C@]1(O)CC[C@H]2[C@@H]3CCC4=CC(=O)CCC4=C3[C@@H](c3ccc(NC)cc3)C[C@@]21C. The van der Waals surface area contributed by atoms with Crippen LogP contribution < -0.4 is 10.2 Å². The summed E-state index contributed by atoms with van der Waals surface area (Å²) in [6.45, 7) is 8.92. The zero-order valence-electron chi connectivity index (χ0n) is 41.3. The van der Waals surface area contributed by atoms with Gasteiger partial charge in [0.25, 0.3) is 0 Å². The van der Waals surface area contributed by atoms with Gasteiger partial charge in [-0.15, -0.1) is 11.8 Å². The smallest absolute Gasteiger partial charge is 0.303 e. The van der Waals surface area contributed by atoms with Gasteiger partial charge in [-0.2, -0.15) is 0 Å². The number of carboxylic acid groups (broad SMARTS) is 1. The summed E-state index contributed by atoms with van der Waals surface area (Å²) < 4.78 is 0. The van der Waals surface area contributed by atoms with Gasteiger partial charge in [-0.25, -0.2) is 0 Å². The minimum Gasteiger partial charge on any atom is -0.481 e. The Morgan fingerprint density at radius 2 is 1.15 bits per heavy atom. The Morgan fingerprint density at radius 3 is 1.57 bits per heavy atom. The van der Waals surface area contributed by atoms with E-state index in [0.29, 0.717) is 49.5 Å². The van der Waals surface area contributed by atoms with Crippen molar-refractivity contribution < 1.29 is 29.7 Å². The van der Waals surface area contributed by atoms with E-state index in [1.54, 1.807) is 5.57 Å². The number of carboxylic acids is 1. The Morgan fingerprint density at radius 1 is 0.691 bits per heavy atom. The number of ketones is 2. The molecule has 0 radical (unpaired) electrons. The zero-order chi connectivity index (χ0) is 48.2. The van der Waals surface area contributed by atoms with Gasteiger partial charge in [0.2, 0.25) is 0 Å². The van der Waals surface area contributed by atoms with E-state index in [4.69, 9.17) is 5.11 Å². The number of nitrogens with one attached hydrogen (secondary N) is 1. The summed E-state index contributed by atoms with van der Waals surface area (Å²) in [7, 11) is 3.95. The molecule has 0 unspecified atom stereocenters. The second kappa shape index (κ2) is 18.6. The number of carbonyl (C=O) groups is 3. The quantitative estimate of drug-likeness (QED) is 0.193. The van der Waals surface area contributed by atoms with E-state index in [0.717, 1.165) is 88.4 Å². The van der Waals surface area contributed by atoms with Gasteiger partial charge in [0, 0.05) is 73.9 Å². The zero-order valence-corrected chi connectivity index (χ0v) is 41.3. The molecule has 8 nitrogen and oxygen atoms in total. The number of hydrogen-bond donors (Lipinski definition) is 4. The van der Waals surface area contributed by atoms with Crippen molar-refractivity contribution in [3.8, 4) is 23.7 Å². The first-order valence-corrected chi connectivity index (χ1v) is 25.6. The number of allylic oxidation sites excluding steroid dienone is 8. The van der Waals surface area contributed by atoms with Gasteiger partial charge in [0.1, 0.15) is 11.2 Å². The lowest BCUT2D eigenvalue weighted by Gasteiger charge is -2.53. The van der Waals surface area contributed by atoms with Crippen LogP contribution in [0.15, 0.2) is 94.1 Å². The Balaban J connectivity index is 0.000000172. The minimum atomic E-state index is -0.968. The van der Waals surface area contributed by atoms with Crippen LogP contribution in [0.25, 0.3) is 0 Å². The van der Waals surface area contributed by atoms with Crippen molar-refractivity contribution in [1.29, 1.82) is 0 Å². The average Bonchev–Trinajstić information content (AvgIpc) is 3.75. The van der Waals surface area contributed by atoms with Crippen molar-refractivity contribution in [2.75, 3.05) is 30.9 Å². The summed E-state index contributed by atoms with van der Waals surface area (Å²) in [6.07, 6.45) is 16.9. The first-order chi connectivity index (χ1) is 32.6. The van der Waals surface area contributed by atoms with Crippen molar-refractivity contribution in [3.63, 3.8) is 0 Å². The lowest BCUT2D eigenvalue weighted by Crippen LogP contribution is -2.51. The van der Waals surface area contributed by atoms with Crippen molar-refractivity contribution in [1.82, 2.24) is 0 Å². The molecule has 2 aromatic rings. The Labute approximate surface area is 404 Å². The van der Waals surface area contributed by atoms with Crippen molar-refractivity contribution in [3.05, 3.63) is 105 Å². The van der Waals surface area contributed by atoms with Gasteiger partial charge in [-0.1, -0.05) is 61.1 Å². The highest BCUT2D eigenvalue weighted by molar-refractivity contribution is 5.93. The van der Waals surface area contributed by atoms with Crippen LogP contribution in [-0.4, -0.2) is 64.7 Å². The number of anilines is 2. The van der Waals surface area contributed by atoms with E-state index in [1.807, 2.05) is 40.1 Å². The molecule has 0 heterocycles. The number of fused-ring (bicyclic) bond motifs is 8. The molecule has 4 saturated carbocycles. The molecule has 0 amide bonds. The molecule has 4 N–H and O–H groups in total. The molecule has 0 bridgehead atoms. The van der Waals surface area contributed by atoms with Gasteiger partial charge in [0.15, 0.2) is 11.6 Å². The molecule has 68 heavy (non-hydrogen) atoms. The number of nitrogens with zero attached hydrogens (tertiary/aromatic N) is 1. The summed E-state index contributed by atoms with van der Waals surface area (Å²) in [6, 6.07) is 17.5. The Kier molecular flexibility index (Phi) is 13.1. The number of hydrogen-bond acceptors (Lipinski definition) is 7. The van der Waals surface area contributed by atoms with Crippen LogP contribution in [-0.2, 0) is 14.4 Å². The van der Waals surface area contributed by atoms with E-state index in [9.17, 15) is 24.6 Å². The molecule has 8 heteroatoms. The molecule has 4 fully saturated rings. The molecule has 8 aliphatic rings. The van der Waals surface area contributed by atoms with E-state index < -0.39 is 17.2 Å². The third-order valence-corrected chi connectivity index (χ3v) is 18.7. The Hall–Kier alpha value is -5.15. The third-order valence-electron chi connectivity index (χ3n) is 18.7. The summed E-state index contributed by atoms with van der Waals surface area (Å²) >= 11 is 0. The maximum Gasteiger partial charge on any atom is 0.303 e. The molecular weight excluding hydrogens is 845 g/mol. The highest BCUT2D eigenvalue weighted by Gasteiger charge is 2.64. The van der Waals surface area contributed by atoms with Crippen molar-refractivity contribution in [2.24, 2.45) is 34.5 Å². The van der Waals surface area contributed by atoms with Gasteiger partial charge < -0.3 is 25.5 Å². The molecule has 8 aliphatic carbocycles. The van der Waals surface area contributed by atoms with E-state index in [2.05, 4.69) is 96.3 Å². The van der Waals surface area contributed by atoms with Crippen molar-refractivity contribution >= 4 is 28.9 Å². The molecule has 10 rings (SSSR count). The normalized spacial score (nSPS) is 34.4. The average molecular weight is 917 g/mol. The van der Waals surface area contributed by atoms with E-state index in [1.165, 1.54) is 39.0 Å². The standard InChI is InChI=1S/C32H39NO4.C28H33NO2/c1-4-16-32(37)17-15-28-26-13-9-22-19-24(34)12-14-25(22)30(26)27(20-31(28,32)2)21-7-10-23(11-8-21)33(3)18-5-6-29(35)36;1-4-14-28(31)15-13-25-23-11-7-19-16-21(30)10-12-22(19)26(23)24(17-27(25,28)2)18-5-8-20(29-3)9-6-18/h7-8,10-11,19,26-28,37H,5-6,9,12-15,17-18,20H2,1-3H3,(H,35,36);5-6,8-9,16,23-25,29,31H,7,10-13,15,17H2,1-3H3/t26-,27+,28-,31-,32-;23-,24+,25-,27-,28-/m00/s1. The molecule has 0 saturated heterocycles. The maximum atomic E-state index is 12.2. The summed E-state index contributed by atoms with van der Waals surface area (Å²) in [5, 5.41) is 35.7. The summed E-state index contributed by atoms with van der Waals surface area (Å²) in [4.78, 5) is 37.4. The maximum absolute atomic E-state index is 12.2. The molecular formula is C60H72N2O6. The topological polar surface area (TPSA) is 127 Å². The number of aliphatic hydroxyl groups is 2. The van der Waals surface area contributed by atoms with Gasteiger partial charge in [0.05, 0.1) is 0 Å². The lowest BCUT2D eigenvalue weighted by atomic mass is 9.51. The highest BCUT2D eigenvalue weighted by atomic mass is 16.4. The van der Waals surface area contributed by atoms with E-state index >= 15 is 0 Å². The van der Waals surface area contributed by atoms with Gasteiger partial charge >= 0.3 is 5.97 Å². The van der Waals surface area contributed by atoms with Crippen LogP contribution in [0.3, 0.4) is 0 Å². The van der Waals surface area contributed by atoms with Crippen LogP contribution in [0.2, 0.25) is 0 Å². The number of carbonyl (C=O) groups excluding carboxylic acids is 2. The molecule has 2 aromatic carbocycles. The molecule has 0 aromatic heterocycles. The van der Waals surface area contributed by atoms with Crippen LogP contribution in [0.5, 0.6) is 0 Å². The van der Waals surface area contributed by atoms with Crippen LogP contribution in [0.4, 0.5) is 11.4 Å². The number of aliphatic carboxylic acids is 1. The summed E-state index contributed by atoms with van der Waals surface area (Å²) in [5.41, 5.74) is 10.9. The van der Waals surface area contributed by atoms with Crippen LogP contribution in [0.1, 0.15) is 153 Å². The molecule has 0 spiro atoms. The van der Waals surface area contributed by atoms with Gasteiger partial charge in [-0.05, 0) is 191 Å². The Bertz CT molecular complexity index is 2610. The first kappa shape index (κ1) is 47.9. The fraction of sp³-hybridized carbons (Fsp3) is 0.550. The fourth-order valence-corrected chi connectivity index (χ4v) is 15.2. The van der Waals surface area contributed by atoms with Gasteiger partial charge in [-0.3, -0.25) is 14.4 Å². The predicted octanol–water partition coefficient (Wildman–Crippen LogP) is 11.0. The fourth-order valence-electron chi connectivity index (χ4n) is 15.2. The highest BCUT2D eigenvalue weighted by Crippen LogP contribution is 2.68. The molecule has 0 aliphatic heterocycles. The third kappa shape index (κ3) is 8.22. The van der Waals surface area contributed by atoms with Crippen molar-refractivity contribution in [2.45, 2.75) is 153 Å². The largest absolute Gasteiger partial charge is 0.481 e. The summed E-state index contributed by atoms with van der Waals surface area (Å²) in [5.74, 6) is 14.5. The second-order valence-electron chi connectivity index (χ2n) is 21.9.